The highest BCUT2D eigenvalue weighted by atomic mass is 32.1. The maximum absolute atomic E-state index is 12.6. The van der Waals surface area contributed by atoms with Crippen molar-refractivity contribution in [1.29, 1.82) is 0 Å². The van der Waals surface area contributed by atoms with Crippen LogP contribution in [0.15, 0.2) is 72.9 Å². The second kappa shape index (κ2) is 10.8. The zero-order valence-corrected chi connectivity index (χ0v) is 23.3. The molecule has 2 aromatic carbocycles. The summed E-state index contributed by atoms with van der Waals surface area (Å²) in [6.07, 6.45) is 1.78. The number of rotatable bonds is 7. The summed E-state index contributed by atoms with van der Waals surface area (Å²) in [6.45, 7) is 4.08. The van der Waals surface area contributed by atoms with Crippen molar-refractivity contribution in [2.24, 2.45) is 0 Å². The number of aryl methyl sites for hydroxylation is 1. The fourth-order valence-electron chi connectivity index (χ4n) is 5.32. The predicted molar refractivity (Wildman–Crippen MR) is 154 cm³/mol. The highest BCUT2D eigenvalue weighted by Gasteiger charge is 2.43. The van der Waals surface area contributed by atoms with Gasteiger partial charge in [-0.3, -0.25) is 4.98 Å². The molecule has 0 amide bonds. The van der Waals surface area contributed by atoms with Gasteiger partial charge in [0, 0.05) is 23.7 Å². The highest BCUT2D eigenvalue weighted by molar-refractivity contribution is 7.80. The summed E-state index contributed by atoms with van der Waals surface area (Å²) in [4.78, 5) is 19.4. The van der Waals surface area contributed by atoms with E-state index in [4.69, 9.17) is 26.4 Å². The van der Waals surface area contributed by atoms with Crippen LogP contribution in [0.2, 0.25) is 0 Å². The number of carbonyl (C=O) groups is 1. The van der Waals surface area contributed by atoms with Gasteiger partial charge in [-0.25, -0.2) is 4.79 Å². The number of benzene rings is 2. The molecule has 1 N–H and O–H groups in total. The molecule has 39 heavy (non-hydrogen) atoms. The molecule has 4 aromatic rings. The minimum Gasteiger partial charge on any atom is -0.497 e. The Hall–Kier alpha value is -4.37. The number of anilines is 1. The van der Waals surface area contributed by atoms with Gasteiger partial charge in [-0.1, -0.05) is 18.2 Å². The number of pyridine rings is 1. The lowest BCUT2D eigenvalue weighted by atomic mass is 9.96. The van der Waals surface area contributed by atoms with E-state index in [1.807, 2.05) is 61.5 Å². The lowest BCUT2D eigenvalue weighted by Gasteiger charge is -2.29. The van der Waals surface area contributed by atoms with Crippen LogP contribution in [-0.2, 0) is 4.74 Å². The van der Waals surface area contributed by atoms with Crippen molar-refractivity contribution in [3.8, 4) is 17.2 Å². The molecule has 0 spiro atoms. The molecule has 0 saturated carbocycles. The Kier molecular flexibility index (Phi) is 7.26. The average Bonchev–Trinajstić information content (AvgIpc) is 3.46. The van der Waals surface area contributed by atoms with Gasteiger partial charge in [0.2, 0.25) is 0 Å². The van der Waals surface area contributed by atoms with Gasteiger partial charge in [-0.2, -0.15) is 0 Å². The Labute approximate surface area is 233 Å². The maximum atomic E-state index is 12.6. The van der Waals surface area contributed by atoms with Gasteiger partial charge in [-0.05, 0) is 74.1 Å². The second-order valence-electron chi connectivity index (χ2n) is 9.20. The number of ether oxygens (including phenoxy) is 3. The van der Waals surface area contributed by atoms with Crippen LogP contribution >= 0.6 is 12.2 Å². The molecule has 2 atom stereocenters. The molecule has 0 bridgehead atoms. The largest absolute Gasteiger partial charge is 0.497 e. The van der Waals surface area contributed by atoms with E-state index >= 15 is 0 Å². The van der Waals surface area contributed by atoms with E-state index in [2.05, 4.69) is 32.8 Å². The first-order chi connectivity index (χ1) is 18.9. The van der Waals surface area contributed by atoms with Crippen LogP contribution in [0, 0.1) is 13.8 Å². The lowest BCUT2D eigenvalue weighted by Crippen LogP contribution is -2.30. The third-order valence-electron chi connectivity index (χ3n) is 7.08. The smallest absolute Gasteiger partial charge is 0.339 e. The Morgan fingerprint density at radius 2 is 1.72 bits per heavy atom. The number of carbonyl (C=O) groups excluding carboxylic acids is 1. The molecule has 9 heteroatoms. The molecule has 1 saturated heterocycles. The van der Waals surface area contributed by atoms with Crippen LogP contribution in [0.5, 0.6) is 11.5 Å². The number of para-hydroxylation sites is 1. The van der Waals surface area contributed by atoms with Crippen molar-refractivity contribution < 1.29 is 19.0 Å². The lowest BCUT2D eigenvalue weighted by molar-refractivity contribution is 0.0600. The summed E-state index contributed by atoms with van der Waals surface area (Å²) in [7, 11) is 4.64. The molecule has 1 fully saturated rings. The van der Waals surface area contributed by atoms with Crippen LogP contribution in [0.25, 0.3) is 5.69 Å². The zero-order chi connectivity index (χ0) is 27.7. The number of esters is 1. The number of hydrogen-bond acceptors (Lipinski definition) is 6. The molecule has 0 aliphatic carbocycles. The monoisotopic (exact) mass is 542 g/mol. The van der Waals surface area contributed by atoms with Crippen LogP contribution < -0.4 is 19.7 Å². The van der Waals surface area contributed by atoms with E-state index in [1.165, 1.54) is 7.11 Å². The van der Waals surface area contributed by atoms with Gasteiger partial charge < -0.3 is 29.0 Å². The van der Waals surface area contributed by atoms with Gasteiger partial charge in [-0.15, -0.1) is 0 Å². The minimum absolute atomic E-state index is 0.240. The third kappa shape index (κ3) is 4.59. The Bertz CT molecular complexity index is 1540. The molecule has 2 aromatic heterocycles. The first kappa shape index (κ1) is 26.2. The summed E-state index contributed by atoms with van der Waals surface area (Å²) >= 11 is 5.92. The summed E-state index contributed by atoms with van der Waals surface area (Å²) in [5.41, 5.74) is 5.88. The molecule has 1 aliphatic rings. The molecule has 1 aliphatic heterocycles. The minimum atomic E-state index is -0.390. The topological polar surface area (TPSA) is 77.9 Å². The van der Waals surface area contributed by atoms with Crippen molar-refractivity contribution in [3.63, 3.8) is 0 Å². The fourth-order valence-corrected chi connectivity index (χ4v) is 5.66. The van der Waals surface area contributed by atoms with E-state index in [0.29, 0.717) is 22.2 Å². The molecule has 0 unspecified atom stereocenters. The van der Waals surface area contributed by atoms with Crippen molar-refractivity contribution in [3.05, 3.63) is 101 Å². The first-order valence-corrected chi connectivity index (χ1v) is 12.9. The first-order valence-electron chi connectivity index (χ1n) is 12.5. The van der Waals surface area contributed by atoms with E-state index in [0.717, 1.165) is 34.0 Å². The summed E-state index contributed by atoms with van der Waals surface area (Å²) in [5, 5.41) is 4.06. The third-order valence-corrected chi connectivity index (χ3v) is 7.40. The number of nitrogens with one attached hydrogen (secondary N) is 1. The summed E-state index contributed by atoms with van der Waals surface area (Å²) < 4.78 is 18.4. The number of aromatic nitrogens is 2. The van der Waals surface area contributed by atoms with Crippen molar-refractivity contribution in [2.45, 2.75) is 25.9 Å². The normalized spacial score (nSPS) is 16.6. The predicted octanol–water partition coefficient (Wildman–Crippen LogP) is 5.47. The molecule has 8 nitrogen and oxygen atoms in total. The van der Waals surface area contributed by atoms with E-state index in [1.54, 1.807) is 26.5 Å². The number of methoxy groups -OCH3 is 3. The molecule has 0 radical (unpaired) electrons. The highest BCUT2D eigenvalue weighted by Crippen LogP contribution is 2.47. The number of nitrogens with zero attached hydrogens (tertiary/aromatic N) is 3. The Morgan fingerprint density at radius 1 is 0.949 bits per heavy atom. The van der Waals surface area contributed by atoms with Crippen LogP contribution in [0.3, 0.4) is 0 Å². The fraction of sp³-hybridized carbons (Fsp3) is 0.233. The van der Waals surface area contributed by atoms with Gasteiger partial charge in [0.15, 0.2) is 5.11 Å². The van der Waals surface area contributed by atoms with Crippen LogP contribution in [0.1, 0.15) is 45.1 Å². The number of hydrogen-bond donors (Lipinski definition) is 1. The molecular formula is C30H30N4O4S. The van der Waals surface area contributed by atoms with E-state index < -0.39 is 0 Å². The van der Waals surface area contributed by atoms with Gasteiger partial charge in [0.25, 0.3) is 0 Å². The average molecular weight is 543 g/mol. The standard InChI is InChI=1S/C30H30N4O4S/c1-18-16-22(19(2)33(18)24-12-7-6-10-21(24)29(35)38-5)28-27(23-11-8-9-15-31-23)32-30(39)34(28)25-14-13-20(36-3)17-26(25)37-4/h6-17,27-28H,1-5H3,(H,32,39)/t27-,28-/m0/s1. The molecule has 3 heterocycles. The molecule has 200 valence electrons. The Morgan fingerprint density at radius 3 is 2.41 bits per heavy atom. The van der Waals surface area contributed by atoms with Gasteiger partial charge >= 0.3 is 5.97 Å². The SMILES string of the molecule is COC(=O)c1ccccc1-n1c(C)cc([C@H]2[C@H](c3ccccn3)NC(=S)N2c2ccc(OC)cc2OC)c1C. The van der Waals surface area contributed by atoms with E-state index in [-0.39, 0.29) is 18.1 Å². The summed E-state index contributed by atoms with van der Waals surface area (Å²) in [5.74, 6) is 0.929. The quantitative estimate of drug-likeness (QED) is 0.243. The molecule has 5 rings (SSSR count). The van der Waals surface area contributed by atoms with Gasteiger partial charge in [0.1, 0.15) is 11.5 Å². The second-order valence-corrected chi connectivity index (χ2v) is 9.59. The zero-order valence-electron chi connectivity index (χ0n) is 22.5. The van der Waals surface area contributed by atoms with Crippen molar-refractivity contribution in [1.82, 2.24) is 14.9 Å². The number of thiocarbonyl (C=S) groups is 1. The van der Waals surface area contributed by atoms with Crippen molar-refractivity contribution >= 4 is 29.0 Å². The van der Waals surface area contributed by atoms with Crippen LogP contribution in [0.4, 0.5) is 5.69 Å². The maximum Gasteiger partial charge on any atom is 0.339 e. The summed E-state index contributed by atoms with van der Waals surface area (Å²) in [6, 6.07) is 20.6. The molecular weight excluding hydrogens is 512 g/mol. The van der Waals surface area contributed by atoms with Crippen molar-refractivity contribution in [2.75, 3.05) is 26.2 Å². The van der Waals surface area contributed by atoms with Gasteiger partial charge in [0.05, 0.1) is 56.0 Å². The van der Waals surface area contributed by atoms with E-state index in [9.17, 15) is 4.79 Å². The Balaban J connectivity index is 1.72. The van der Waals surface area contributed by atoms with Crippen LogP contribution in [-0.4, -0.2) is 42.0 Å².